The summed E-state index contributed by atoms with van der Waals surface area (Å²) in [6, 6.07) is 0.187. The van der Waals surface area contributed by atoms with Crippen LogP contribution < -0.4 is 0 Å². The Labute approximate surface area is 130 Å². The smallest absolute Gasteiger partial charge is 0.228 e. The molecular weight excluding hydrogens is 282 g/mol. The lowest BCUT2D eigenvalue weighted by atomic mass is 9.76. The van der Waals surface area contributed by atoms with E-state index in [9.17, 15) is 9.90 Å². The van der Waals surface area contributed by atoms with E-state index in [4.69, 9.17) is 4.43 Å². The SMILES string of the molecule is CC[C@H]1C(=O)N2[C@H](CO)[C@H](O[Si](C)(C)C(C)(C)C)CC[C@H]12. The predicted octanol–water partition coefficient (Wildman–Crippen LogP) is 2.77. The van der Waals surface area contributed by atoms with E-state index in [0.717, 1.165) is 19.3 Å². The van der Waals surface area contributed by atoms with Crippen LogP contribution in [-0.2, 0) is 9.22 Å². The molecule has 21 heavy (non-hydrogen) atoms. The Balaban J connectivity index is 2.11. The number of carbonyl (C=O) groups excluding carboxylic acids is 1. The second kappa shape index (κ2) is 5.67. The molecule has 0 aromatic carbocycles. The largest absolute Gasteiger partial charge is 0.412 e. The number of rotatable bonds is 4. The van der Waals surface area contributed by atoms with Gasteiger partial charge in [-0.05, 0) is 37.4 Å². The molecule has 0 aromatic rings. The fourth-order valence-electron chi connectivity index (χ4n) is 3.43. The first kappa shape index (κ1) is 17.0. The molecule has 4 nitrogen and oxygen atoms in total. The highest BCUT2D eigenvalue weighted by Gasteiger charge is 2.54. The van der Waals surface area contributed by atoms with Crippen molar-refractivity contribution in [3.05, 3.63) is 0 Å². The summed E-state index contributed by atoms with van der Waals surface area (Å²) in [5.74, 6) is 0.387. The summed E-state index contributed by atoms with van der Waals surface area (Å²) in [4.78, 5) is 14.2. The second-order valence-electron chi connectivity index (χ2n) is 8.07. The maximum Gasteiger partial charge on any atom is 0.228 e. The predicted molar refractivity (Wildman–Crippen MR) is 86.6 cm³/mol. The molecule has 1 amide bonds. The summed E-state index contributed by atoms with van der Waals surface area (Å²) in [6.45, 7) is 13.2. The van der Waals surface area contributed by atoms with Gasteiger partial charge in [0.05, 0.1) is 24.7 Å². The third kappa shape index (κ3) is 2.80. The van der Waals surface area contributed by atoms with Crippen molar-refractivity contribution in [3.63, 3.8) is 0 Å². The first-order valence-corrected chi connectivity index (χ1v) is 11.2. The zero-order chi connectivity index (χ0) is 16.0. The average molecular weight is 314 g/mol. The number of piperidine rings is 1. The number of β-lactam (4-membered cyclic amide) rings is 1. The Morgan fingerprint density at radius 2 is 1.95 bits per heavy atom. The minimum atomic E-state index is -1.87. The first-order valence-electron chi connectivity index (χ1n) is 8.25. The van der Waals surface area contributed by atoms with Gasteiger partial charge >= 0.3 is 0 Å². The van der Waals surface area contributed by atoms with Crippen LogP contribution >= 0.6 is 0 Å². The number of aliphatic hydroxyl groups excluding tert-OH is 1. The molecule has 0 aromatic heterocycles. The van der Waals surface area contributed by atoms with Crippen LogP contribution in [0.15, 0.2) is 0 Å². The van der Waals surface area contributed by atoms with Crippen molar-refractivity contribution < 1.29 is 14.3 Å². The molecule has 2 saturated heterocycles. The summed E-state index contributed by atoms with van der Waals surface area (Å²) in [6.07, 6.45) is 2.88. The number of hydrogen-bond donors (Lipinski definition) is 1. The average Bonchev–Trinajstić information content (AvgIpc) is 2.37. The molecule has 0 aliphatic carbocycles. The fraction of sp³-hybridized carbons (Fsp3) is 0.938. The lowest BCUT2D eigenvalue weighted by Crippen LogP contribution is -2.71. The van der Waals surface area contributed by atoms with Crippen LogP contribution in [0, 0.1) is 5.92 Å². The third-order valence-corrected chi connectivity index (χ3v) is 10.3. The highest BCUT2D eigenvalue weighted by molar-refractivity contribution is 6.74. The quantitative estimate of drug-likeness (QED) is 0.641. The number of fused-ring (bicyclic) bond motifs is 1. The van der Waals surface area contributed by atoms with Gasteiger partial charge in [0.25, 0.3) is 0 Å². The van der Waals surface area contributed by atoms with Crippen LogP contribution in [0.25, 0.3) is 0 Å². The Morgan fingerprint density at radius 3 is 2.43 bits per heavy atom. The Hall–Kier alpha value is -0.393. The zero-order valence-corrected chi connectivity index (χ0v) is 15.3. The topological polar surface area (TPSA) is 49.8 Å². The zero-order valence-electron chi connectivity index (χ0n) is 14.3. The van der Waals surface area contributed by atoms with E-state index in [1.54, 1.807) is 0 Å². The van der Waals surface area contributed by atoms with Crippen molar-refractivity contribution in [3.8, 4) is 0 Å². The van der Waals surface area contributed by atoms with Gasteiger partial charge in [-0.1, -0.05) is 27.7 Å². The molecule has 0 radical (unpaired) electrons. The van der Waals surface area contributed by atoms with Crippen molar-refractivity contribution in [2.75, 3.05) is 6.61 Å². The molecular formula is C16H31NO3Si. The molecule has 4 atom stereocenters. The Kier molecular flexibility index (Phi) is 4.58. The molecule has 2 heterocycles. The number of carbonyl (C=O) groups is 1. The summed E-state index contributed by atoms with van der Waals surface area (Å²) in [5.41, 5.74) is 0. The van der Waals surface area contributed by atoms with Crippen molar-refractivity contribution in [1.29, 1.82) is 0 Å². The summed E-state index contributed by atoms with van der Waals surface area (Å²) >= 11 is 0. The Morgan fingerprint density at radius 1 is 1.33 bits per heavy atom. The second-order valence-corrected chi connectivity index (χ2v) is 12.8. The van der Waals surface area contributed by atoms with Gasteiger partial charge in [0.15, 0.2) is 8.32 Å². The lowest BCUT2D eigenvalue weighted by Gasteiger charge is -2.57. The van der Waals surface area contributed by atoms with E-state index in [0.29, 0.717) is 6.04 Å². The van der Waals surface area contributed by atoms with Gasteiger partial charge in [-0.15, -0.1) is 0 Å². The van der Waals surface area contributed by atoms with Gasteiger partial charge in [0.1, 0.15) is 0 Å². The Bertz CT molecular complexity index is 405. The van der Waals surface area contributed by atoms with Crippen LogP contribution in [0.3, 0.4) is 0 Å². The minimum absolute atomic E-state index is 0.00565. The molecule has 5 heteroatoms. The van der Waals surface area contributed by atoms with Crippen LogP contribution in [-0.4, -0.2) is 49.0 Å². The summed E-state index contributed by atoms with van der Waals surface area (Å²) < 4.78 is 6.50. The molecule has 0 spiro atoms. The molecule has 1 N–H and O–H groups in total. The highest BCUT2D eigenvalue weighted by atomic mass is 28.4. The number of amides is 1. The van der Waals surface area contributed by atoms with Gasteiger partial charge in [-0.3, -0.25) is 4.79 Å². The maximum atomic E-state index is 12.3. The van der Waals surface area contributed by atoms with Gasteiger partial charge < -0.3 is 14.4 Å². The van der Waals surface area contributed by atoms with Crippen molar-refractivity contribution in [2.24, 2.45) is 5.92 Å². The van der Waals surface area contributed by atoms with Crippen molar-refractivity contribution in [2.45, 2.75) is 83.3 Å². The number of aliphatic hydroxyl groups is 1. The van der Waals surface area contributed by atoms with Crippen LogP contribution in [0.2, 0.25) is 18.1 Å². The molecule has 0 unspecified atom stereocenters. The molecule has 2 fully saturated rings. The summed E-state index contributed by atoms with van der Waals surface area (Å²) in [5, 5.41) is 9.95. The van der Waals surface area contributed by atoms with E-state index in [1.165, 1.54) is 0 Å². The molecule has 2 aliphatic heterocycles. The molecule has 0 bridgehead atoms. The first-order chi connectivity index (χ1) is 9.64. The van der Waals surface area contributed by atoms with Gasteiger partial charge in [0.2, 0.25) is 5.91 Å². The summed E-state index contributed by atoms with van der Waals surface area (Å²) in [7, 11) is -1.87. The molecule has 2 aliphatic rings. The van der Waals surface area contributed by atoms with E-state index in [2.05, 4.69) is 40.8 Å². The maximum absolute atomic E-state index is 12.3. The standard InChI is InChI=1S/C16H31NO3Si/c1-7-11-12-8-9-14(13(10-18)17(12)15(11)19)20-21(5,6)16(2,3)4/h11-14,18H,7-10H2,1-6H3/t11-,12-,13-,14-/m1/s1. The van der Waals surface area contributed by atoms with E-state index in [-0.39, 0.29) is 35.6 Å². The van der Waals surface area contributed by atoms with Crippen molar-refractivity contribution in [1.82, 2.24) is 4.90 Å². The van der Waals surface area contributed by atoms with Gasteiger partial charge in [-0.2, -0.15) is 0 Å². The van der Waals surface area contributed by atoms with Crippen LogP contribution in [0.1, 0.15) is 47.0 Å². The fourth-order valence-corrected chi connectivity index (χ4v) is 4.82. The van der Waals surface area contributed by atoms with Crippen molar-refractivity contribution >= 4 is 14.2 Å². The van der Waals surface area contributed by atoms with Crippen LogP contribution in [0.4, 0.5) is 0 Å². The van der Waals surface area contributed by atoms with E-state index < -0.39 is 8.32 Å². The third-order valence-electron chi connectivity index (χ3n) is 5.81. The molecule has 0 saturated carbocycles. The van der Waals surface area contributed by atoms with E-state index in [1.807, 2.05) is 4.90 Å². The van der Waals surface area contributed by atoms with E-state index >= 15 is 0 Å². The number of hydrogen-bond acceptors (Lipinski definition) is 3. The van der Waals surface area contributed by atoms with Crippen LogP contribution in [0.5, 0.6) is 0 Å². The monoisotopic (exact) mass is 313 g/mol. The highest BCUT2D eigenvalue weighted by Crippen LogP contribution is 2.43. The lowest BCUT2D eigenvalue weighted by molar-refractivity contribution is -0.176. The van der Waals surface area contributed by atoms with Gasteiger partial charge in [-0.25, -0.2) is 0 Å². The minimum Gasteiger partial charge on any atom is -0.412 e. The molecule has 2 rings (SSSR count). The van der Waals surface area contributed by atoms with Gasteiger partial charge in [0, 0.05) is 6.04 Å². The number of nitrogens with zero attached hydrogens (tertiary/aromatic N) is 1. The normalized spacial score (nSPS) is 33.7. The molecule has 122 valence electrons.